The van der Waals surface area contributed by atoms with Crippen LogP contribution in [0.15, 0.2) is 0 Å². The molecule has 0 N–H and O–H groups in total. The van der Waals surface area contributed by atoms with Crippen LogP contribution in [-0.4, -0.2) is 53.9 Å². The van der Waals surface area contributed by atoms with E-state index in [-0.39, 0.29) is 23.7 Å². The van der Waals surface area contributed by atoms with Crippen molar-refractivity contribution in [1.29, 1.82) is 0 Å². The van der Waals surface area contributed by atoms with Crippen LogP contribution in [0.4, 0.5) is 0 Å². The van der Waals surface area contributed by atoms with Crippen LogP contribution in [0.5, 0.6) is 0 Å². The molecule has 120 valence electrons. The first-order valence-corrected chi connectivity index (χ1v) is 9.82. The fraction of sp³-hybridized carbons (Fsp3) is 0.929. The molecule has 0 fully saturated rings. The van der Waals surface area contributed by atoms with E-state index in [1.807, 2.05) is 6.92 Å². The maximum absolute atomic E-state index is 11.8. The molecule has 6 heteroatoms. The van der Waals surface area contributed by atoms with Crippen molar-refractivity contribution in [1.82, 2.24) is 0 Å². The molecule has 0 aliphatic carbocycles. The number of carbonyl (C=O) groups excluding carboxylic acids is 1. The number of esters is 1. The second-order valence-electron chi connectivity index (χ2n) is 6.47. The van der Waals surface area contributed by atoms with Gasteiger partial charge in [-0.25, -0.2) is 4.79 Å². The molecule has 0 aliphatic rings. The van der Waals surface area contributed by atoms with Crippen molar-refractivity contribution in [3.8, 4) is 0 Å². The molecule has 20 heavy (non-hydrogen) atoms. The molecule has 0 aromatic carbocycles. The van der Waals surface area contributed by atoms with Gasteiger partial charge in [-0.05, 0) is 25.1 Å². The van der Waals surface area contributed by atoms with Gasteiger partial charge in [0.1, 0.15) is 0 Å². The molecular weight excluding hydrogens is 276 g/mol. The highest BCUT2D eigenvalue weighted by atomic mass is 28.4. The number of ether oxygens (including phenoxy) is 3. The molecule has 0 saturated heterocycles. The van der Waals surface area contributed by atoms with Crippen molar-refractivity contribution in [2.24, 2.45) is 0 Å². The van der Waals surface area contributed by atoms with Gasteiger partial charge in [0.2, 0.25) is 0 Å². The molecule has 0 aromatic rings. The molecule has 0 spiro atoms. The Morgan fingerprint density at radius 3 is 2.10 bits per heavy atom. The summed E-state index contributed by atoms with van der Waals surface area (Å²) in [6.07, 6.45) is -0.689. The number of hydrogen-bond donors (Lipinski definition) is 0. The van der Waals surface area contributed by atoms with E-state index in [2.05, 4.69) is 33.9 Å². The maximum Gasteiger partial charge on any atom is 0.336 e. The second kappa shape index (κ2) is 8.12. The lowest BCUT2D eigenvalue weighted by molar-refractivity contribution is -0.153. The Morgan fingerprint density at radius 2 is 1.70 bits per heavy atom. The SMILES string of the molecule is COC(=O)[C@H](COC[C@@H](C)OC)O[Si](C)(C)C(C)(C)C. The Morgan fingerprint density at radius 1 is 1.15 bits per heavy atom. The molecule has 0 unspecified atom stereocenters. The molecule has 0 aromatic heterocycles. The van der Waals surface area contributed by atoms with E-state index in [1.54, 1.807) is 7.11 Å². The van der Waals surface area contributed by atoms with Crippen LogP contribution < -0.4 is 0 Å². The maximum atomic E-state index is 11.8. The third-order valence-corrected chi connectivity index (χ3v) is 8.22. The van der Waals surface area contributed by atoms with Crippen LogP contribution in [0.3, 0.4) is 0 Å². The molecule has 0 amide bonds. The minimum atomic E-state index is -2.04. The summed E-state index contributed by atoms with van der Waals surface area (Å²) < 4.78 is 21.5. The topological polar surface area (TPSA) is 54.0 Å². The van der Waals surface area contributed by atoms with Crippen LogP contribution >= 0.6 is 0 Å². The Kier molecular flexibility index (Phi) is 7.94. The summed E-state index contributed by atoms with van der Waals surface area (Å²) in [6, 6.07) is 0. The zero-order valence-electron chi connectivity index (χ0n) is 14.1. The van der Waals surface area contributed by atoms with E-state index in [9.17, 15) is 4.79 Å². The zero-order chi connectivity index (χ0) is 16.0. The number of carbonyl (C=O) groups is 1. The molecule has 0 aliphatic heterocycles. The van der Waals surface area contributed by atoms with Crippen LogP contribution in [0.2, 0.25) is 18.1 Å². The van der Waals surface area contributed by atoms with Gasteiger partial charge >= 0.3 is 5.97 Å². The number of hydrogen-bond acceptors (Lipinski definition) is 5. The Hall–Kier alpha value is -0.433. The zero-order valence-corrected chi connectivity index (χ0v) is 15.1. The highest BCUT2D eigenvalue weighted by Crippen LogP contribution is 2.37. The molecule has 0 saturated carbocycles. The van der Waals surface area contributed by atoms with Crippen molar-refractivity contribution in [3.05, 3.63) is 0 Å². The summed E-state index contributed by atoms with van der Waals surface area (Å²) >= 11 is 0. The van der Waals surface area contributed by atoms with Gasteiger partial charge in [-0.1, -0.05) is 20.8 Å². The van der Waals surface area contributed by atoms with Crippen LogP contribution in [0, 0.1) is 0 Å². The molecule has 0 bridgehead atoms. The Balaban J connectivity index is 4.63. The number of methoxy groups -OCH3 is 2. The van der Waals surface area contributed by atoms with Crippen molar-refractivity contribution >= 4 is 14.3 Å². The average Bonchev–Trinajstić information content (AvgIpc) is 2.34. The highest BCUT2D eigenvalue weighted by molar-refractivity contribution is 6.74. The van der Waals surface area contributed by atoms with Gasteiger partial charge in [0, 0.05) is 7.11 Å². The summed E-state index contributed by atoms with van der Waals surface area (Å²) in [7, 11) is 0.942. The standard InChI is InChI=1S/C14H30O5Si/c1-11(16-5)9-18-10-12(13(15)17-6)19-20(7,8)14(2,3)4/h11-12H,9-10H2,1-8H3/t11-,12+/m1/s1. The van der Waals surface area contributed by atoms with Crippen molar-refractivity contribution < 1.29 is 23.4 Å². The highest BCUT2D eigenvalue weighted by Gasteiger charge is 2.41. The van der Waals surface area contributed by atoms with E-state index >= 15 is 0 Å². The monoisotopic (exact) mass is 306 g/mol. The van der Waals surface area contributed by atoms with Crippen LogP contribution in [0.1, 0.15) is 27.7 Å². The van der Waals surface area contributed by atoms with Crippen molar-refractivity contribution in [2.75, 3.05) is 27.4 Å². The molecule has 0 radical (unpaired) electrons. The average molecular weight is 306 g/mol. The lowest BCUT2D eigenvalue weighted by atomic mass is 10.2. The lowest BCUT2D eigenvalue weighted by Gasteiger charge is -2.38. The predicted octanol–water partition coefficient (Wildman–Crippen LogP) is 2.60. The van der Waals surface area contributed by atoms with E-state index in [0.717, 1.165) is 0 Å². The molecule has 2 atom stereocenters. The summed E-state index contributed by atoms with van der Waals surface area (Å²) in [5.41, 5.74) is 0. The van der Waals surface area contributed by atoms with Gasteiger partial charge < -0.3 is 18.6 Å². The van der Waals surface area contributed by atoms with Crippen LogP contribution in [-0.2, 0) is 23.4 Å². The summed E-state index contributed by atoms with van der Waals surface area (Å²) in [6.45, 7) is 13.1. The summed E-state index contributed by atoms with van der Waals surface area (Å²) in [5, 5.41) is 0.0269. The third kappa shape index (κ3) is 6.34. The first-order chi connectivity index (χ1) is 9.05. The summed E-state index contributed by atoms with van der Waals surface area (Å²) in [4.78, 5) is 11.8. The van der Waals surface area contributed by atoms with Gasteiger partial charge in [0.15, 0.2) is 14.4 Å². The molecule has 0 heterocycles. The fourth-order valence-electron chi connectivity index (χ4n) is 1.22. The van der Waals surface area contributed by atoms with E-state index in [4.69, 9.17) is 18.6 Å². The van der Waals surface area contributed by atoms with Gasteiger partial charge in [0.25, 0.3) is 0 Å². The second-order valence-corrected chi connectivity index (χ2v) is 11.2. The van der Waals surface area contributed by atoms with Gasteiger partial charge in [0.05, 0.1) is 26.4 Å². The number of rotatable bonds is 8. The quantitative estimate of drug-likeness (QED) is 0.509. The Bertz CT molecular complexity index is 298. The first kappa shape index (κ1) is 19.6. The largest absolute Gasteiger partial charge is 0.467 e. The van der Waals surface area contributed by atoms with E-state index in [0.29, 0.717) is 6.61 Å². The third-order valence-electron chi connectivity index (χ3n) is 3.73. The van der Waals surface area contributed by atoms with Crippen molar-refractivity contribution in [3.63, 3.8) is 0 Å². The Labute approximate surface area is 124 Å². The van der Waals surface area contributed by atoms with E-state index in [1.165, 1.54) is 7.11 Å². The lowest BCUT2D eigenvalue weighted by Crippen LogP contribution is -2.48. The van der Waals surface area contributed by atoms with Gasteiger partial charge in [-0.3, -0.25) is 0 Å². The minimum Gasteiger partial charge on any atom is -0.467 e. The van der Waals surface area contributed by atoms with Crippen molar-refractivity contribution in [2.45, 2.75) is 58.0 Å². The molecular formula is C14H30O5Si. The van der Waals surface area contributed by atoms with Gasteiger partial charge in [-0.2, -0.15) is 0 Å². The first-order valence-electron chi connectivity index (χ1n) is 6.91. The smallest absolute Gasteiger partial charge is 0.336 e. The normalized spacial score (nSPS) is 15.8. The van der Waals surface area contributed by atoms with Crippen LogP contribution in [0.25, 0.3) is 0 Å². The predicted molar refractivity (Wildman–Crippen MR) is 81.4 cm³/mol. The molecule has 0 rings (SSSR count). The summed E-state index contributed by atoms with van der Waals surface area (Å²) in [5.74, 6) is -0.389. The van der Waals surface area contributed by atoms with Gasteiger partial charge in [-0.15, -0.1) is 0 Å². The molecule has 5 nitrogen and oxygen atoms in total. The van der Waals surface area contributed by atoms with E-state index < -0.39 is 14.4 Å². The minimum absolute atomic E-state index is 0.0128. The fourth-order valence-corrected chi connectivity index (χ4v) is 2.45.